The van der Waals surface area contributed by atoms with E-state index in [9.17, 15) is 23.5 Å². The van der Waals surface area contributed by atoms with Gasteiger partial charge in [-0.25, -0.2) is 13.6 Å². The highest BCUT2D eigenvalue weighted by molar-refractivity contribution is 6.74. The van der Waals surface area contributed by atoms with Crippen LogP contribution in [-0.2, 0) is 9.22 Å². The number of carboxylic acids is 1. The van der Waals surface area contributed by atoms with Crippen LogP contribution in [0.3, 0.4) is 0 Å². The zero-order chi connectivity index (χ0) is 19.4. The largest absolute Gasteiger partial charge is 0.480 e. The molecule has 0 aliphatic carbocycles. The monoisotopic (exact) mass is 373 g/mol. The summed E-state index contributed by atoms with van der Waals surface area (Å²) < 4.78 is 32.0. The van der Waals surface area contributed by atoms with E-state index in [2.05, 4.69) is 26.1 Å². The fourth-order valence-electron chi connectivity index (χ4n) is 1.78. The lowest BCUT2D eigenvalue weighted by Gasteiger charge is -2.36. The van der Waals surface area contributed by atoms with Crippen molar-refractivity contribution in [3.63, 3.8) is 0 Å². The van der Waals surface area contributed by atoms with Gasteiger partial charge in [0, 0.05) is 18.6 Å². The van der Waals surface area contributed by atoms with Crippen LogP contribution < -0.4 is 5.32 Å². The van der Waals surface area contributed by atoms with E-state index in [0.29, 0.717) is 0 Å². The molecule has 1 aromatic rings. The van der Waals surface area contributed by atoms with Gasteiger partial charge in [-0.15, -0.1) is 0 Å². The summed E-state index contributed by atoms with van der Waals surface area (Å²) in [6.07, 6.45) is 0.0806. The Kier molecular flexibility index (Phi) is 6.84. The first-order valence-corrected chi connectivity index (χ1v) is 10.9. The third-order valence-electron chi connectivity index (χ3n) is 4.46. The van der Waals surface area contributed by atoms with Crippen LogP contribution >= 0.6 is 0 Å². The summed E-state index contributed by atoms with van der Waals surface area (Å²) in [5.41, 5.74) is -0.143. The molecule has 0 saturated carbocycles. The SMILES string of the molecule is CC(C)(C)[Si](C)(C)OCC[C@@H](NC(=O)c1ccc(F)c(F)c1)C(=O)O. The van der Waals surface area contributed by atoms with Crippen LogP contribution in [0.5, 0.6) is 0 Å². The van der Waals surface area contributed by atoms with Gasteiger partial charge in [0.05, 0.1) is 0 Å². The first-order chi connectivity index (χ1) is 11.3. The number of halogens is 2. The quantitative estimate of drug-likeness (QED) is 0.717. The van der Waals surface area contributed by atoms with Gasteiger partial charge in [0.25, 0.3) is 5.91 Å². The van der Waals surface area contributed by atoms with Crippen LogP contribution in [0, 0.1) is 11.6 Å². The number of rotatable bonds is 7. The first-order valence-electron chi connectivity index (χ1n) is 7.98. The van der Waals surface area contributed by atoms with Crippen molar-refractivity contribution in [2.75, 3.05) is 6.61 Å². The second-order valence-electron chi connectivity index (χ2n) is 7.39. The standard InChI is InChI=1S/C17H25F2NO4Si/c1-17(2,3)25(4,5)24-9-8-14(16(22)23)20-15(21)11-6-7-12(18)13(19)10-11/h6-7,10,14H,8-9H2,1-5H3,(H,20,21)(H,22,23)/t14-/m1/s1. The van der Waals surface area contributed by atoms with Crippen LogP contribution in [0.1, 0.15) is 37.6 Å². The third-order valence-corrected chi connectivity index (χ3v) is 9.00. The molecule has 0 saturated heterocycles. The average Bonchev–Trinajstić information content (AvgIpc) is 2.47. The number of hydrogen-bond acceptors (Lipinski definition) is 3. The van der Waals surface area contributed by atoms with Crippen molar-refractivity contribution in [1.29, 1.82) is 0 Å². The number of carbonyl (C=O) groups excluding carboxylic acids is 1. The van der Waals surface area contributed by atoms with E-state index in [-0.39, 0.29) is 23.6 Å². The molecule has 0 fully saturated rings. The van der Waals surface area contributed by atoms with Crippen LogP contribution in [0.2, 0.25) is 18.1 Å². The Morgan fingerprint density at radius 3 is 2.32 bits per heavy atom. The minimum absolute atomic E-state index is 0.0133. The molecule has 0 heterocycles. The van der Waals surface area contributed by atoms with Crippen LogP contribution in [-0.4, -0.2) is 37.9 Å². The van der Waals surface area contributed by atoms with E-state index in [1.807, 2.05) is 13.1 Å². The normalized spacial score (nSPS) is 13.4. The van der Waals surface area contributed by atoms with Gasteiger partial charge >= 0.3 is 5.97 Å². The minimum atomic E-state index is -2.02. The summed E-state index contributed by atoms with van der Waals surface area (Å²) >= 11 is 0. The van der Waals surface area contributed by atoms with Gasteiger partial charge in [-0.3, -0.25) is 4.79 Å². The highest BCUT2D eigenvalue weighted by Gasteiger charge is 2.37. The molecule has 0 aliphatic rings. The van der Waals surface area contributed by atoms with Crippen molar-refractivity contribution in [2.45, 2.75) is 51.4 Å². The Balaban J connectivity index is 2.70. The number of nitrogens with one attached hydrogen (secondary N) is 1. The second kappa shape index (κ2) is 8.05. The summed E-state index contributed by atoms with van der Waals surface area (Å²) in [6, 6.07) is 1.47. The van der Waals surface area contributed by atoms with E-state index in [1.165, 1.54) is 0 Å². The molecule has 140 valence electrons. The molecular weight excluding hydrogens is 348 g/mol. The maximum atomic E-state index is 13.2. The smallest absolute Gasteiger partial charge is 0.326 e. The highest BCUT2D eigenvalue weighted by atomic mass is 28.4. The predicted molar refractivity (Wildman–Crippen MR) is 93.0 cm³/mol. The van der Waals surface area contributed by atoms with E-state index in [0.717, 1.165) is 18.2 Å². The number of carboxylic acid groups (broad SMARTS) is 1. The van der Waals surface area contributed by atoms with Crippen molar-refractivity contribution >= 4 is 20.2 Å². The van der Waals surface area contributed by atoms with Crippen LogP contribution in [0.25, 0.3) is 0 Å². The molecule has 1 amide bonds. The summed E-state index contributed by atoms with van der Waals surface area (Å²) in [4.78, 5) is 23.4. The molecule has 0 radical (unpaired) electrons. The second-order valence-corrected chi connectivity index (χ2v) is 12.2. The number of amides is 1. The van der Waals surface area contributed by atoms with E-state index in [1.54, 1.807) is 0 Å². The minimum Gasteiger partial charge on any atom is -0.480 e. The first kappa shape index (κ1) is 21.2. The molecule has 0 spiro atoms. The van der Waals surface area contributed by atoms with E-state index >= 15 is 0 Å². The lowest BCUT2D eigenvalue weighted by atomic mass is 10.1. The molecule has 5 nitrogen and oxygen atoms in total. The third kappa shape index (κ3) is 5.89. The van der Waals surface area contributed by atoms with Gasteiger partial charge in [0.15, 0.2) is 20.0 Å². The van der Waals surface area contributed by atoms with Crippen molar-refractivity contribution < 1.29 is 27.9 Å². The lowest BCUT2D eigenvalue weighted by Crippen LogP contribution is -2.44. The van der Waals surface area contributed by atoms with Crippen molar-refractivity contribution in [2.24, 2.45) is 0 Å². The molecular formula is C17H25F2NO4Si. The molecule has 0 aliphatic heterocycles. The summed E-state index contributed by atoms with van der Waals surface area (Å²) in [5.74, 6) is -4.23. The maximum Gasteiger partial charge on any atom is 0.326 e. The molecule has 1 atom stereocenters. The van der Waals surface area contributed by atoms with Gasteiger partial charge in [0.2, 0.25) is 0 Å². The molecule has 0 unspecified atom stereocenters. The fraction of sp³-hybridized carbons (Fsp3) is 0.529. The highest BCUT2D eigenvalue weighted by Crippen LogP contribution is 2.36. The summed E-state index contributed by atoms with van der Waals surface area (Å²) in [6.45, 7) is 10.5. The van der Waals surface area contributed by atoms with Gasteiger partial charge < -0.3 is 14.8 Å². The van der Waals surface area contributed by atoms with Crippen molar-refractivity contribution in [3.05, 3.63) is 35.4 Å². The molecule has 1 aromatic carbocycles. The number of carbonyl (C=O) groups is 2. The van der Waals surface area contributed by atoms with E-state index in [4.69, 9.17) is 4.43 Å². The van der Waals surface area contributed by atoms with Crippen molar-refractivity contribution in [3.8, 4) is 0 Å². The number of hydrogen-bond donors (Lipinski definition) is 2. The van der Waals surface area contributed by atoms with Gasteiger partial charge in [0.1, 0.15) is 6.04 Å². The zero-order valence-electron chi connectivity index (χ0n) is 15.2. The average molecular weight is 373 g/mol. The summed E-state index contributed by atoms with van der Waals surface area (Å²) in [5, 5.41) is 11.6. The molecule has 1 rings (SSSR count). The Morgan fingerprint density at radius 2 is 1.84 bits per heavy atom. The maximum absolute atomic E-state index is 13.2. The van der Waals surface area contributed by atoms with Crippen LogP contribution in [0.15, 0.2) is 18.2 Å². The Morgan fingerprint density at radius 1 is 1.24 bits per heavy atom. The van der Waals surface area contributed by atoms with Gasteiger partial charge in [-0.1, -0.05) is 20.8 Å². The van der Waals surface area contributed by atoms with Crippen LogP contribution in [0.4, 0.5) is 8.78 Å². The lowest BCUT2D eigenvalue weighted by molar-refractivity contribution is -0.139. The Hall–Kier alpha value is -1.80. The Labute approximate surface area is 147 Å². The number of aliphatic carboxylic acids is 1. The molecule has 0 bridgehead atoms. The van der Waals surface area contributed by atoms with Gasteiger partial charge in [-0.05, 0) is 36.3 Å². The Bertz CT molecular complexity index is 644. The zero-order valence-corrected chi connectivity index (χ0v) is 16.2. The molecule has 25 heavy (non-hydrogen) atoms. The number of benzene rings is 1. The van der Waals surface area contributed by atoms with Crippen molar-refractivity contribution in [1.82, 2.24) is 5.32 Å². The topological polar surface area (TPSA) is 75.6 Å². The van der Waals surface area contributed by atoms with E-state index < -0.39 is 37.9 Å². The molecule has 2 N–H and O–H groups in total. The van der Waals surface area contributed by atoms with Gasteiger partial charge in [-0.2, -0.15) is 0 Å². The molecule has 0 aromatic heterocycles. The summed E-state index contributed by atoms with van der Waals surface area (Å²) in [7, 11) is -2.02. The predicted octanol–water partition coefficient (Wildman–Crippen LogP) is 3.56. The molecule has 8 heteroatoms. The fourth-order valence-corrected chi connectivity index (χ4v) is 2.85.